The average Bonchev–Trinajstić information content (AvgIpc) is 2.84. The van der Waals surface area contributed by atoms with Crippen molar-refractivity contribution in [3.8, 4) is 5.82 Å². The summed E-state index contributed by atoms with van der Waals surface area (Å²) in [6.45, 7) is 0. The van der Waals surface area contributed by atoms with Gasteiger partial charge < -0.3 is 5.11 Å². The molecular formula is C16H10ClF3N2O2. The Bertz CT molecular complexity index is 935. The number of aromatic nitrogens is 2. The predicted octanol–water partition coefficient (Wildman–Crippen LogP) is 4.32. The van der Waals surface area contributed by atoms with Crippen LogP contribution in [0.3, 0.4) is 0 Å². The second kappa shape index (κ2) is 5.83. The number of carbonyl (C=O) groups is 1. The molecule has 0 bridgehead atoms. The van der Waals surface area contributed by atoms with Crippen LogP contribution < -0.4 is 0 Å². The Morgan fingerprint density at radius 2 is 2.00 bits per heavy atom. The fourth-order valence-corrected chi connectivity index (χ4v) is 2.75. The number of carboxylic acid groups (broad SMARTS) is 1. The van der Waals surface area contributed by atoms with E-state index in [-0.39, 0.29) is 17.3 Å². The fraction of sp³-hybridized carbons (Fsp3) is 0.125. The molecule has 0 aliphatic rings. The van der Waals surface area contributed by atoms with Gasteiger partial charge in [0, 0.05) is 17.8 Å². The van der Waals surface area contributed by atoms with Crippen LogP contribution in [0.5, 0.6) is 0 Å². The number of fused-ring (bicyclic) bond motifs is 1. The van der Waals surface area contributed by atoms with Crippen LogP contribution in [0.4, 0.5) is 13.2 Å². The molecule has 2 aromatic heterocycles. The Morgan fingerprint density at radius 3 is 2.62 bits per heavy atom. The van der Waals surface area contributed by atoms with E-state index in [0.717, 1.165) is 6.07 Å². The van der Waals surface area contributed by atoms with Gasteiger partial charge in [-0.2, -0.15) is 13.2 Å². The minimum Gasteiger partial charge on any atom is -0.481 e. The molecule has 0 saturated heterocycles. The number of aliphatic carboxylic acids is 1. The first-order chi connectivity index (χ1) is 11.3. The lowest BCUT2D eigenvalue weighted by atomic mass is 10.1. The quantitative estimate of drug-likeness (QED) is 0.762. The van der Waals surface area contributed by atoms with Crippen molar-refractivity contribution >= 4 is 28.5 Å². The molecule has 0 spiro atoms. The number of pyridine rings is 1. The van der Waals surface area contributed by atoms with Gasteiger partial charge in [-0.3, -0.25) is 9.36 Å². The van der Waals surface area contributed by atoms with E-state index in [4.69, 9.17) is 16.7 Å². The molecule has 0 saturated carbocycles. The largest absolute Gasteiger partial charge is 0.481 e. The molecule has 3 aromatic rings. The van der Waals surface area contributed by atoms with Gasteiger partial charge in [0.25, 0.3) is 0 Å². The SMILES string of the molecule is O=C(O)Cc1cn(-c2ncc(C(F)(F)F)cc2Cl)c2ccccc12. The molecule has 3 rings (SSSR count). The number of carboxylic acids is 1. The zero-order chi connectivity index (χ0) is 17.5. The Balaban J connectivity index is 2.18. The van der Waals surface area contributed by atoms with Gasteiger partial charge in [0.15, 0.2) is 5.82 Å². The van der Waals surface area contributed by atoms with Crippen LogP contribution in [0, 0.1) is 0 Å². The second-order valence-corrected chi connectivity index (χ2v) is 5.55. The maximum atomic E-state index is 12.7. The van der Waals surface area contributed by atoms with Crippen LogP contribution in [0.2, 0.25) is 5.02 Å². The van der Waals surface area contributed by atoms with Crippen molar-refractivity contribution in [1.82, 2.24) is 9.55 Å². The van der Waals surface area contributed by atoms with Crippen molar-refractivity contribution in [1.29, 1.82) is 0 Å². The summed E-state index contributed by atoms with van der Waals surface area (Å²) in [6.07, 6.45) is -2.53. The first-order valence-electron chi connectivity index (χ1n) is 6.81. The molecule has 0 unspecified atom stereocenters. The molecule has 1 aromatic carbocycles. The molecule has 0 atom stereocenters. The number of halogens is 4. The molecule has 4 nitrogen and oxygen atoms in total. The summed E-state index contributed by atoms with van der Waals surface area (Å²) in [7, 11) is 0. The van der Waals surface area contributed by atoms with E-state index >= 15 is 0 Å². The minimum absolute atomic E-state index is 0.109. The summed E-state index contributed by atoms with van der Waals surface area (Å²) in [5.41, 5.74) is 0.192. The van der Waals surface area contributed by atoms with Crippen LogP contribution in [0.15, 0.2) is 42.7 Å². The molecular weight excluding hydrogens is 345 g/mol. The van der Waals surface area contributed by atoms with Crippen LogP contribution in [0.1, 0.15) is 11.1 Å². The maximum Gasteiger partial charge on any atom is 0.417 e. The van der Waals surface area contributed by atoms with E-state index in [2.05, 4.69) is 4.98 Å². The van der Waals surface area contributed by atoms with Crippen molar-refractivity contribution in [3.05, 3.63) is 58.9 Å². The summed E-state index contributed by atoms with van der Waals surface area (Å²) in [5, 5.41) is 9.52. The fourth-order valence-electron chi connectivity index (χ4n) is 2.49. The highest BCUT2D eigenvalue weighted by Gasteiger charge is 2.31. The summed E-state index contributed by atoms with van der Waals surface area (Å²) < 4.78 is 39.7. The highest BCUT2D eigenvalue weighted by molar-refractivity contribution is 6.32. The lowest BCUT2D eigenvalue weighted by molar-refractivity contribution is -0.138. The van der Waals surface area contributed by atoms with E-state index in [0.29, 0.717) is 22.7 Å². The van der Waals surface area contributed by atoms with Gasteiger partial charge in [-0.1, -0.05) is 29.8 Å². The second-order valence-electron chi connectivity index (χ2n) is 5.14. The number of hydrogen-bond donors (Lipinski definition) is 1. The van der Waals surface area contributed by atoms with Crippen LogP contribution in [-0.2, 0) is 17.4 Å². The van der Waals surface area contributed by atoms with Crippen molar-refractivity contribution in [2.45, 2.75) is 12.6 Å². The van der Waals surface area contributed by atoms with E-state index in [1.807, 2.05) is 0 Å². The van der Waals surface area contributed by atoms with Gasteiger partial charge >= 0.3 is 12.1 Å². The van der Waals surface area contributed by atoms with Gasteiger partial charge in [-0.25, -0.2) is 4.98 Å². The van der Waals surface area contributed by atoms with Crippen molar-refractivity contribution in [2.75, 3.05) is 0 Å². The zero-order valence-electron chi connectivity index (χ0n) is 12.0. The Hall–Kier alpha value is -2.54. The molecule has 8 heteroatoms. The van der Waals surface area contributed by atoms with Crippen LogP contribution in [0.25, 0.3) is 16.7 Å². The lowest BCUT2D eigenvalue weighted by Crippen LogP contribution is -2.07. The monoisotopic (exact) mass is 354 g/mol. The van der Waals surface area contributed by atoms with Gasteiger partial charge in [-0.15, -0.1) is 0 Å². The summed E-state index contributed by atoms with van der Waals surface area (Å²) in [5.74, 6) is -0.901. The first-order valence-corrected chi connectivity index (χ1v) is 7.19. The van der Waals surface area contributed by atoms with Crippen molar-refractivity contribution in [2.24, 2.45) is 0 Å². The molecule has 2 heterocycles. The summed E-state index contributed by atoms with van der Waals surface area (Å²) in [6, 6.07) is 7.75. The summed E-state index contributed by atoms with van der Waals surface area (Å²) >= 11 is 5.99. The highest BCUT2D eigenvalue weighted by Crippen LogP contribution is 2.33. The molecule has 0 radical (unpaired) electrons. The molecule has 0 aliphatic heterocycles. The van der Waals surface area contributed by atoms with Crippen molar-refractivity contribution < 1.29 is 23.1 Å². The lowest BCUT2D eigenvalue weighted by Gasteiger charge is -2.10. The van der Waals surface area contributed by atoms with Crippen LogP contribution in [-0.4, -0.2) is 20.6 Å². The molecule has 0 aliphatic carbocycles. The van der Waals surface area contributed by atoms with E-state index < -0.39 is 17.7 Å². The molecule has 24 heavy (non-hydrogen) atoms. The van der Waals surface area contributed by atoms with Gasteiger partial charge in [0.1, 0.15) is 0 Å². The predicted molar refractivity (Wildman–Crippen MR) is 82.4 cm³/mol. The van der Waals surface area contributed by atoms with Gasteiger partial charge in [0.2, 0.25) is 0 Å². The number of para-hydroxylation sites is 1. The number of hydrogen-bond acceptors (Lipinski definition) is 2. The number of nitrogens with zero attached hydrogens (tertiary/aromatic N) is 2. The number of rotatable bonds is 3. The summed E-state index contributed by atoms with van der Waals surface area (Å²) in [4.78, 5) is 14.8. The van der Waals surface area contributed by atoms with Crippen molar-refractivity contribution in [3.63, 3.8) is 0 Å². The van der Waals surface area contributed by atoms with E-state index in [9.17, 15) is 18.0 Å². The molecule has 0 fully saturated rings. The number of alkyl halides is 3. The van der Waals surface area contributed by atoms with Gasteiger partial charge in [-0.05, 0) is 17.7 Å². The topological polar surface area (TPSA) is 55.1 Å². The smallest absolute Gasteiger partial charge is 0.417 e. The Morgan fingerprint density at radius 1 is 1.29 bits per heavy atom. The van der Waals surface area contributed by atoms with E-state index in [1.165, 1.54) is 10.8 Å². The third kappa shape index (κ3) is 2.94. The van der Waals surface area contributed by atoms with Crippen LogP contribution >= 0.6 is 11.6 Å². The Labute approximate surface area is 139 Å². The number of benzene rings is 1. The molecule has 1 N–H and O–H groups in total. The highest BCUT2D eigenvalue weighted by atomic mass is 35.5. The molecule has 124 valence electrons. The maximum absolute atomic E-state index is 12.7. The third-order valence-electron chi connectivity index (χ3n) is 3.51. The zero-order valence-corrected chi connectivity index (χ0v) is 12.8. The minimum atomic E-state index is -4.54. The molecule has 0 amide bonds. The third-order valence-corrected chi connectivity index (χ3v) is 3.79. The average molecular weight is 355 g/mol. The normalized spacial score (nSPS) is 11.8. The Kier molecular flexibility index (Phi) is 3.96. The first kappa shape index (κ1) is 16.3. The van der Waals surface area contributed by atoms with Gasteiger partial charge in [0.05, 0.1) is 22.5 Å². The van der Waals surface area contributed by atoms with E-state index in [1.54, 1.807) is 24.3 Å². The standard InChI is InChI=1S/C16H10ClF3N2O2/c17-12-6-10(16(18,19)20)7-21-15(12)22-8-9(5-14(23)24)11-3-1-2-4-13(11)22/h1-4,6-8H,5H2,(H,23,24).